The molecule has 0 radical (unpaired) electrons. The number of hydrogen-bond acceptors (Lipinski definition) is 2. The molecule has 100 valence electrons. The molecule has 0 saturated heterocycles. The number of amides is 1. The van der Waals surface area contributed by atoms with Crippen LogP contribution in [0.25, 0.3) is 0 Å². The summed E-state index contributed by atoms with van der Waals surface area (Å²) in [5.41, 5.74) is 3.83. The zero-order valence-corrected chi connectivity index (χ0v) is 10.1. The van der Waals surface area contributed by atoms with Crippen LogP contribution in [0.1, 0.15) is 36.2 Å². The molecule has 1 aromatic rings. The predicted molar refractivity (Wildman–Crippen MR) is 63.1 cm³/mol. The first-order valence-corrected chi connectivity index (χ1v) is 5.53. The van der Waals surface area contributed by atoms with E-state index in [9.17, 15) is 18.0 Å². The molecule has 1 rings (SSSR count). The standard InChI is InChI=1S/C12H15F3N2O/c1-3-7(2)17-11(18)8-4-5-10(16)9(6-8)12(13,14)15/h4-7H,3,16H2,1-2H3,(H,17,18). The number of rotatable bonds is 3. The molecule has 1 atom stereocenters. The van der Waals surface area contributed by atoms with Crippen molar-refractivity contribution in [3.8, 4) is 0 Å². The lowest BCUT2D eigenvalue weighted by Crippen LogP contribution is -2.32. The molecule has 0 spiro atoms. The number of nitrogens with one attached hydrogen (secondary N) is 1. The Hall–Kier alpha value is -1.72. The molecule has 0 aromatic heterocycles. The van der Waals surface area contributed by atoms with E-state index < -0.39 is 17.6 Å². The molecule has 3 nitrogen and oxygen atoms in total. The summed E-state index contributed by atoms with van der Waals surface area (Å²) in [5.74, 6) is -0.533. The van der Waals surface area contributed by atoms with Gasteiger partial charge in [-0.1, -0.05) is 6.92 Å². The summed E-state index contributed by atoms with van der Waals surface area (Å²) in [6, 6.07) is 3.05. The van der Waals surface area contributed by atoms with Crippen LogP contribution < -0.4 is 11.1 Å². The molecular formula is C12H15F3N2O. The smallest absolute Gasteiger partial charge is 0.398 e. The van der Waals surface area contributed by atoms with Crippen molar-refractivity contribution in [2.45, 2.75) is 32.5 Å². The van der Waals surface area contributed by atoms with E-state index in [1.54, 1.807) is 6.92 Å². The highest BCUT2D eigenvalue weighted by molar-refractivity contribution is 5.95. The van der Waals surface area contributed by atoms with E-state index >= 15 is 0 Å². The van der Waals surface area contributed by atoms with E-state index in [2.05, 4.69) is 5.32 Å². The maximum Gasteiger partial charge on any atom is 0.418 e. The van der Waals surface area contributed by atoms with Crippen molar-refractivity contribution < 1.29 is 18.0 Å². The lowest BCUT2D eigenvalue weighted by Gasteiger charge is -2.14. The summed E-state index contributed by atoms with van der Waals surface area (Å²) in [6.07, 6.45) is -3.86. The third-order valence-electron chi connectivity index (χ3n) is 2.61. The van der Waals surface area contributed by atoms with Crippen molar-refractivity contribution in [1.29, 1.82) is 0 Å². The molecule has 0 aliphatic carbocycles. The SMILES string of the molecule is CCC(C)NC(=O)c1ccc(N)c(C(F)(F)F)c1. The maximum absolute atomic E-state index is 12.6. The van der Waals surface area contributed by atoms with E-state index in [1.165, 1.54) is 6.07 Å². The van der Waals surface area contributed by atoms with E-state index in [0.717, 1.165) is 12.1 Å². The van der Waals surface area contributed by atoms with Crippen molar-refractivity contribution in [2.24, 2.45) is 0 Å². The van der Waals surface area contributed by atoms with Crippen molar-refractivity contribution >= 4 is 11.6 Å². The number of hydrogen-bond donors (Lipinski definition) is 2. The molecule has 1 aromatic carbocycles. The van der Waals surface area contributed by atoms with Crippen LogP contribution in [-0.2, 0) is 6.18 Å². The van der Waals surface area contributed by atoms with Crippen LogP contribution in [0.4, 0.5) is 18.9 Å². The van der Waals surface area contributed by atoms with Gasteiger partial charge in [-0.2, -0.15) is 13.2 Å². The zero-order chi connectivity index (χ0) is 13.9. The van der Waals surface area contributed by atoms with E-state index in [0.29, 0.717) is 6.42 Å². The number of nitrogen functional groups attached to an aromatic ring is 1. The summed E-state index contributed by atoms with van der Waals surface area (Å²) in [5, 5.41) is 2.60. The van der Waals surface area contributed by atoms with Crippen LogP contribution in [0.5, 0.6) is 0 Å². The van der Waals surface area contributed by atoms with Gasteiger partial charge < -0.3 is 11.1 Å². The number of carbonyl (C=O) groups excluding carboxylic acids is 1. The van der Waals surface area contributed by atoms with Gasteiger partial charge in [-0.3, -0.25) is 4.79 Å². The first-order valence-electron chi connectivity index (χ1n) is 5.53. The Kier molecular flexibility index (Phi) is 4.21. The Bertz CT molecular complexity index is 443. The average Bonchev–Trinajstić information content (AvgIpc) is 2.27. The molecule has 0 heterocycles. The monoisotopic (exact) mass is 260 g/mol. The minimum Gasteiger partial charge on any atom is -0.398 e. The number of halogens is 3. The summed E-state index contributed by atoms with van der Waals surface area (Å²) < 4.78 is 37.8. The van der Waals surface area contributed by atoms with Crippen molar-refractivity contribution in [1.82, 2.24) is 5.32 Å². The van der Waals surface area contributed by atoms with E-state index in [-0.39, 0.29) is 17.3 Å². The first-order chi connectivity index (χ1) is 8.25. The van der Waals surface area contributed by atoms with Gasteiger partial charge in [0.1, 0.15) is 0 Å². The number of alkyl halides is 3. The lowest BCUT2D eigenvalue weighted by atomic mass is 10.1. The summed E-state index contributed by atoms with van der Waals surface area (Å²) in [6.45, 7) is 3.65. The highest BCUT2D eigenvalue weighted by atomic mass is 19.4. The second-order valence-corrected chi connectivity index (χ2v) is 4.08. The van der Waals surface area contributed by atoms with Crippen LogP contribution in [0.15, 0.2) is 18.2 Å². The minimum atomic E-state index is -4.56. The van der Waals surface area contributed by atoms with Crippen molar-refractivity contribution in [2.75, 3.05) is 5.73 Å². The van der Waals surface area contributed by atoms with Crippen LogP contribution in [0.3, 0.4) is 0 Å². The second kappa shape index (κ2) is 5.29. The van der Waals surface area contributed by atoms with Gasteiger partial charge >= 0.3 is 6.18 Å². The number of benzene rings is 1. The molecular weight excluding hydrogens is 245 g/mol. The fourth-order valence-electron chi connectivity index (χ4n) is 1.35. The topological polar surface area (TPSA) is 55.1 Å². The number of carbonyl (C=O) groups is 1. The van der Waals surface area contributed by atoms with Crippen molar-refractivity contribution in [3.63, 3.8) is 0 Å². The van der Waals surface area contributed by atoms with Crippen LogP contribution in [0.2, 0.25) is 0 Å². The summed E-state index contributed by atoms with van der Waals surface area (Å²) in [7, 11) is 0. The molecule has 0 aliphatic heterocycles. The van der Waals surface area contributed by atoms with Gasteiger partial charge in [-0.05, 0) is 31.5 Å². The van der Waals surface area contributed by atoms with Gasteiger partial charge in [0.25, 0.3) is 5.91 Å². The quantitative estimate of drug-likeness (QED) is 0.821. The zero-order valence-electron chi connectivity index (χ0n) is 10.1. The van der Waals surface area contributed by atoms with E-state index in [4.69, 9.17) is 5.73 Å². The lowest BCUT2D eigenvalue weighted by molar-refractivity contribution is -0.136. The average molecular weight is 260 g/mol. The molecule has 3 N–H and O–H groups in total. The van der Waals surface area contributed by atoms with Crippen LogP contribution in [0, 0.1) is 0 Å². The van der Waals surface area contributed by atoms with Gasteiger partial charge in [0, 0.05) is 17.3 Å². The largest absolute Gasteiger partial charge is 0.418 e. The predicted octanol–water partition coefficient (Wildman–Crippen LogP) is 2.82. The molecule has 1 amide bonds. The van der Waals surface area contributed by atoms with Gasteiger partial charge in [-0.15, -0.1) is 0 Å². The molecule has 18 heavy (non-hydrogen) atoms. The second-order valence-electron chi connectivity index (χ2n) is 4.08. The van der Waals surface area contributed by atoms with Crippen LogP contribution in [-0.4, -0.2) is 11.9 Å². The van der Waals surface area contributed by atoms with E-state index in [1.807, 2.05) is 6.92 Å². The highest BCUT2D eigenvalue weighted by Crippen LogP contribution is 2.33. The van der Waals surface area contributed by atoms with Gasteiger partial charge in [0.2, 0.25) is 0 Å². The Morgan fingerprint density at radius 1 is 1.44 bits per heavy atom. The Balaban J connectivity index is 3.02. The Morgan fingerprint density at radius 2 is 2.06 bits per heavy atom. The van der Waals surface area contributed by atoms with Gasteiger partial charge in [0.05, 0.1) is 5.56 Å². The summed E-state index contributed by atoms with van der Waals surface area (Å²) in [4.78, 5) is 11.7. The molecule has 6 heteroatoms. The summed E-state index contributed by atoms with van der Waals surface area (Å²) >= 11 is 0. The van der Waals surface area contributed by atoms with Crippen molar-refractivity contribution in [3.05, 3.63) is 29.3 Å². The highest BCUT2D eigenvalue weighted by Gasteiger charge is 2.33. The number of anilines is 1. The normalized spacial score (nSPS) is 13.2. The van der Waals surface area contributed by atoms with Gasteiger partial charge in [-0.25, -0.2) is 0 Å². The molecule has 0 bridgehead atoms. The number of nitrogens with two attached hydrogens (primary N) is 1. The first kappa shape index (κ1) is 14.3. The Morgan fingerprint density at radius 3 is 2.56 bits per heavy atom. The maximum atomic E-state index is 12.6. The molecule has 0 fully saturated rings. The molecule has 0 aliphatic rings. The van der Waals surface area contributed by atoms with Crippen LogP contribution >= 0.6 is 0 Å². The molecule has 0 saturated carbocycles. The van der Waals surface area contributed by atoms with Gasteiger partial charge in [0.15, 0.2) is 0 Å². The third kappa shape index (κ3) is 3.38. The fourth-order valence-corrected chi connectivity index (χ4v) is 1.35. The molecule has 1 unspecified atom stereocenters. The Labute approximate surface area is 103 Å². The minimum absolute atomic E-state index is 0.0446. The fraction of sp³-hybridized carbons (Fsp3) is 0.417. The third-order valence-corrected chi connectivity index (χ3v) is 2.61.